The summed E-state index contributed by atoms with van der Waals surface area (Å²) in [6.45, 7) is 0.599. The zero-order chi connectivity index (χ0) is 25.7. The summed E-state index contributed by atoms with van der Waals surface area (Å²) in [6, 6.07) is 19.7. The number of rotatable bonds is 9. The SMILES string of the molecule is COc1ccc(CN2C(=S)N(Cc3ccccc3)C(=O)[C@@H]2CC(=O)Nc2ccc(F)cc2)cc1OC. The van der Waals surface area contributed by atoms with Gasteiger partial charge in [-0.1, -0.05) is 36.4 Å². The fourth-order valence-corrected chi connectivity index (χ4v) is 4.43. The van der Waals surface area contributed by atoms with Crippen LogP contribution in [0.3, 0.4) is 0 Å². The average molecular weight is 508 g/mol. The van der Waals surface area contributed by atoms with Gasteiger partial charge < -0.3 is 19.7 Å². The zero-order valence-electron chi connectivity index (χ0n) is 19.9. The molecule has 4 rings (SSSR count). The minimum Gasteiger partial charge on any atom is -0.493 e. The second-order valence-electron chi connectivity index (χ2n) is 8.28. The predicted molar refractivity (Wildman–Crippen MR) is 138 cm³/mol. The monoisotopic (exact) mass is 507 g/mol. The molecule has 1 aliphatic heterocycles. The van der Waals surface area contributed by atoms with Gasteiger partial charge in [-0.2, -0.15) is 0 Å². The number of thiocarbonyl (C=S) groups is 1. The van der Waals surface area contributed by atoms with Crippen molar-refractivity contribution in [3.05, 3.63) is 89.7 Å². The van der Waals surface area contributed by atoms with Gasteiger partial charge in [0.1, 0.15) is 11.9 Å². The number of nitrogens with zero attached hydrogens (tertiary/aromatic N) is 2. The third kappa shape index (κ3) is 5.63. The predicted octanol–water partition coefficient (Wildman–Crippen LogP) is 4.37. The number of hydrogen-bond donors (Lipinski definition) is 1. The first kappa shape index (κ1) is 25.1. The molecule has 1 N–H and O–H groups in total. The summed E-state index contributed by atoms with van der Waals surface area (Å²) >= 11 is 5.72. The summed E-state index contributed by atoms with van der Waals surface area (Å²) in [4.78, 5) is 29.7. The van der Waals surface area contributed by atoms with Crippen molar-refractivity contribution in [3.8, 4) is 11.5 Å². The number of amides is 2. The Morgan fingerprint density at radius 3 is 2.31 bits per heavy atom. The van der Waals surface area contributed by atoms with Crippen LogP contribution in [0.5, 0.6) is 11.5 Å². The molecule has 36 heavy (non-hydrogen) atoms. The van der Waals surface area contributed by atoms with Crippen LogP contribution in [-0.4, -0.2) is 47.0 Å². The largest absolute Gasteiger partial charge is 0.493 e. The van der Waals surface area contributed by atoms with E-state index in [0.29, 0.717) is 35.4 Å². The number of halogens is 1. The molecule has 0 aliphatic carbocycles. The molecule has 3 aromatic rings. The Kier molecular flexibility index (Phi) is 7.80. The molecule has 0 saturated carbocycles. The normalized spacial score (nSPS) is 15.2. The smallest absolute Gasteiger partial charge is 0.252 e. The third-order valence-electron chi connectivity index (χ3n) is 5.90. The Balaban J connectivity index is 1.58. The highest BCUT2D eigenvalue weighted by atomic mass is 32.1. The van der Waals surface area contributed by atoms with Gasteiger partial charge in [0, 0.05) is 12.2 Å². The summed E-state index contributed by atoms with van der Waals surface area (Å²) in [6.07, 6.45) is -0.116. The van der Waals surface area contributed by atoms with Crippen LogP contribution in [0, 0.1) is 5.82 Å². The molecule has 3 aromatic carbocycles. The molecule has 186 valence electrons. The van der Waals surface area contributed by atoms with Crippen molar-refractivity contribution in [1.82, 2.24) is 9.80 Å². The maximum absolute atomic E-state index is 13.5. The lowest BCUT2D eigenvalue weighted by Crippen LogP contribution is -2.37. The molecule has 0 aromatic heterocycles. The van der Waals surface area contributed by atoms with E-state index in [1.54, 1.807) is 25.2 Å². The maximum atomic E-state index is 13.5. The highest BCUT2D eigenvalue weighted by Gasteiger charge is 2.43. The van der Waals surface area contributed by atoms with Crippen molar-refractivity contribution in [2.24, 2.45) is 0 Å². The number of benzene rings is 3. The molecule has 0 spiro atoms. The zero-order valence-corrected chi connectivity index (χ0v) is 20.8. The van der Waals surface area contributed by atoms with E-state index in [4.69, 9.17) is 21.7 Å². The molecular weight excluding hydrogens is 481 g/mol. The van der Waals surface area contributed by atoms with Crippen LogP contribution < -0.4 is 14.8 Å². The molecule has 0 radical (unpaired) electrons. The third-order valence-corrected chi connectivity index (χ3v) is 6.35. The molecule has 2 amide bonds. The van der Waals surface area contributed by atoms with E-state index in [1.807, 2.05) is 42.5 Å². The van der Waals surface area contributed by atoms with E-state index in [1.165, 1.54) is 29.2 Å². The van der Waals surface area contributed by atoms with E-state index < -0.39 is 11.9 Å². The standard InChI is InChI=1S/C27H26FN3O4S/c1-34-23-13-8-19(14-24(23)35-2)17-30-22(15-25(32)29-21-11-9-20(28)10-12-21)26(33)31(27(30)36)16-18-6-4-3-5-7-18/h3-14,22H,15-17H2,1-2H3,(H,29,32)/t22-/m0/s1. The van der Waals surface area contributed by atoms with E-state index in [2.05, 4.69) is 5.32 Å². The lowest BCUT2D eigenvalue weighted by molar-refractivity contribution is -0.131. The van der Waals surface area contributed by atoms with Gasteiger partial charge in [-0.15, -0.1) is 0 Å². The van der Waals surface area contributed by atoms with Gasteiger partial charge in [0.25, 0.3) is 5.91 Å². The fourth-order valence-electron chi connectivity index (χ4n) is 4.08. The van der Waals surface area contributed by atoms with Crippen molar-refractivity contribution in [2.45, 2.75) is 25.6 Å². The number of ether oxygens (including phenoxy) is 2. The van der Waals surface area contributed by atoms with Crippen molar-refractivity contribution in [1.29, 1.82) is 0 Å². The van der Waals surface area contributed by atoms with E-state index in [-0.39, 0.29) is 18.2 Å². The molecule has 1 aliphatic rings. The Bertz CT molecular complexity index is 1250. The summed E-state index contributed by atoms with van der Waals surface area (Å²) < 4.78 is 24.0. The van der Waals surface area contributed by atoms with Crippen molar-refractivity contribution in [3.63, 3.8) is 0 Å². The Morgan fingerprint density at radius 2 is 1.64 bits per heavy atom. The van der Waals surface area contributed by atoms with Crippen LogP contribution in [0.2, 0.25) is 0 Å². The first-order chi connectivity index (χ1) is 17.4. The molecule has 1 atom stereocenters. The molecular formula is C27H26FN3O4S. The molecule has 1 heterocycles. The quantitative estimate of drug-likeness (QED) is 0.434. The first-order valence-corrected chi connectivity index (χ1v) is 11.7. The molecule has 0 bridgehead atoms. The topological polar surface area (TPSA) is 71.1 Å². The van der Waals surface area contributed by atoms with Crippen molar-refractivity contribution in [2.75, 3.05) is 19.5 Å². The van der Waals surface area contributed by atoms with Gasteiger partial charge in [-0.05, 0) is 59.7 Å². The number of methoxy groups -OCH3 is 2. The van der Waals surface area contributed by atoms with E-state index in [9.17, 15) is 14.0 Å². The number of hydrogen-bond acceptors (Lipinski definition) is 5. The van der Waals surface area contributed by atoms with Gasteiger partial charge in [0.05, 0.1) is 27.2 Å². The first-order valence-electron chi connectivity index (χ1n) is 11.3. The Labute approximate surface area is 214 Å². The number of carbonyl (C=O) groups excluding carboxylic acids is 2. The van der Waals surface area contributed by atoms with Crippen LogP contribution in [0.25, 0.3) is 0 Å². The number of carbonyl (C=O) groups is 2. The molecule has 1 saturated heterocycles. The lowest BCUT2D eigenvalue weighted by atomic mass is 10.1. The van der Waals surface area contributed by atoms with Gasteiger partial charge >= 0.3 is 0 Å². The minimum absolute atomic E-state index is 0.116. The second-order valence-corrected chi connectivity index (χ2v) is 8.65. The number of nitrogens with one attached hydrogen (secondary N) is 1. The van der Waals surface area contributed by atoms with E-state index in [0.717, 1.165) is 11.1 Å². The van der Waals surface area contributed by atoms with Gasteiger partial charge in [0.2, 0.25) is 5.91 Å². The van der Waals surface area contributed by atoms with Gasteiger partial charge in [0.15, 0.2) is 16.6 Å². The minimum atomic E-state index is -0.797. The second kappa shape index (κ2) is 11.2. The van der Waals surface area contributed by atoms with Crippen LogP contribution in [0.4, 0.5) is 10.1 Å². The summed E-state index contributed by atoms with van der Waals surface area (Å²) in [5.41, 5.74) is 2.21. The van der Waals surface area contributed by atoms with Crippen LogP contribution >= 0.6 is 12.2 Å². The molecule has 1 fully saturated rings. The fraction of sp³-hybridized carbons (Fsp3) is 0.222. The van der Waals surface area contributed by atoms with Gasteiger partial charge in [-0.25, -0.2) is 4.39 Å². The highest BCUT2D eigenvalue weighted by Crippen LogP contribution is 2.31. The summed E-state index contributed by atoms with van der Waals surface area (Å²) in [5.74, 6) is 0.114. The highest BCUT2D eigenvalue weighted by molar-refractivity contribution is 7.80. The summed E-state index contributed by atoms with van der Waals surface area (Å²) in [5, 5.41) is 3.08. The van der Waals surface area contributed by atoms with Crippen molar-refractivity contribution < 1.29 is 23.5 Å². The van der Waals surface area contributed by atoms with E-state index >= 15 is 0 Å². The van der Waals surface area contributed by atoms with Crippen molar-refractivity contribution >= 4 is 34.8 Å². The number of anilines is 1. The van der Waals surface area contributed by atoms with Crippen LogP contribution in [0.15, 0.2) is 72.8 Å². The Hall–Kier alpha value is -3.98. The van der Waals surface area contributed by atoms with Crippen LogP contribution in [-0.2, 0) is 22.7 Å². The summed E-state index contributed by atoms with van der Waals surface area (Å²) in [7, 11) is 3.11. The molecule has 7 nitrogen and oxygen atoms in total. The average Bonchev–Trinajstić information content (AvgIpc) is 3.09. The molecule has 9 heteroatoms. The Morgan fingerprint density at radius 1 is 0.944 bits per heavy atom. The maximum Gasteiger partial charge on any atom is 0.252 e. The van der Waals surface area contributed by atoms with Gasteiger partial charge in [-0.3, -0.25) is 14.5 Å². The lowest BCUT2D eigenvalue weighted by Gasteiger charge is -2.24. The molecule has 0 unspecified atom stereocenters. The van der Waals surface area contributed by atoms with Crippen LogP contribution in [0.1, 0.15) is 17.5 Å².